The van der Waals surface area contributed by atoms with Gasteiger partial charge in [0.1, 0.15) is 5.82 Å². The summed E-state index contributed by atoms with van der Waals surface area (Å²) >= 11 is 0. The molecule has 1 aliphatic carbocycles. The molecule has 130 valence electrons. The molecule has 0 radical (unpaired) electrons. The third-order valence-corrected chi connectivity index (χ3v) is 4.74. The minimum atomic E-state index is 0.0134. The lowest BCUT2D eigenvalue weighted by atomic mass is 9.82. The number of nitrogens with zero attached hydrogens (tertiary/aromatic N) is 2. The Morgan fingerprint density at radius 2 is 1.73 bits per heavy atom. The van der Waals surface area contributed by atoms with Gasteiger partial charge in [-0.2, -0.15) is 4.98 Å². The van der Waals surface area contributed by atoms with Crippen LogP contribution in [0.4, 0.5) is 17.5 Å². The lowest BCUT2D eigenvalue weighted by Gasteiger charge is -2.24. The van der Waals surface area contributed by atoms with Gasteiger partial charge >= 0.3 is 0 Å². The Kier molecular flexibility index (Phi) is 4.13. The van der Waals surface area contributed by atoms with Crippen LogP contribution in [0.15, 0.2) is 54.6 Å². The number of fused-ring (bicyclic) bond motifs is 1. The van der Waals surface area contributed by atoms with E-state index in [9.17, 15) is 4.79 Å². The van der Waals surface area contributed by atoms with Crippen molar-refractivity contribution in [1.82, 2.24) is 9.97 Å². The van der Waals surface area contributed by atoms with Gasteiger partial charge in [0.15, 0.2) is 5.78 Å². The Morgan fingerprint density at radius 3 is 2.46 bits per heavy atom. The zero-order valence-electron chi connectivity index (χ0n) is 14.6. The number of ketones is 1. The van der Waals surface area contributed by atoms with Crippen molar-refractivity contribution in [3.8, 4) is 0 Å². The van der Waals surface area contributed by atoms with E-state index in [0.29, 0.717) is 24.4 Å². The molecule has 2 aromatic carbocycles. The third kappa shape index (κ3) is 3.16. The summed E-state index contributed by atoms with van der Waals surface area (Å²) in [4.78, 5) is 21.5. The molecule has 26 heavy (non-hydrogen) atoms. The van der Waals surface area contributed by atoms with Crippen molar-refractivity contribution in [2.24, 2.45) is 0 Å². The number of rotatable bonds is 3. The van der Waals surface area contributed by atoms with Crippen molar-refractivity contribution >= 4 is 23.2 Å². The number of hydrogen-bond acceptors (Lipinski definition) is 5. The molecule has 1 aromatic heterocycles. The van der Waals surface area contributed by atoms with E-state index in [1.165, 1.54) is 5.56 Å². The highest BCUT2D eigenvalue weighted by molar-refractivity contribution is 6.02. The molecule has 1 heterocycles. The van der Waals surface area contributed by atoms with Gasteiger partial charge in [0.25, 0.3) is 0 Å². The molecular weight excluding hydrogens is 324 g/mol. The molecule has 0 fully saturated rings. The third-order valence-electron chi connectivity index (χ3n) is 4.74. The predicted octanol–water partition coefficient (Wildman–Crippen LogP) is 4.02. The lowest BCUT2D eigenvalue weighted by Crippen LogP contribution is -2.23. The van der Waals surface area contributed by atoms with Crippen LogP contribution in [-0.4, -0.2) is 15.8 Å². The second-order valence-electron chi connectivity index (χ2n) is 6.68. The first kappa shape index (κ1) is 16.3. The fourth-order valence-corrected chi connectivity index (χ4v) is 3.39. The number of nitrogen functional groups attached to an aromatic ring is 1. The molecule has 0 saturated carbocycles. The summed E-state index contributed by atoms with van der Waals surface area (Å²) in [5, 5.41) is 3.18. The zero-order valence-corrected chi connectivity index (χ0v) is 14.6. The van der Waals surface area contributed by atoms with E-state index in [0.717, 1.165) is 16.9 Å². The predicted molar refractivity (Wildman–Crippen MR) is 103 cm³/mol. The smallest absolute Gasteiger partial charge is 0.229 e. The molecule has 0 bridgehead atoms. The fraction of sp³-hybridized carbons (Fsp3) is 0.190. The largest absolute Gasteiger partial charge is 0.383 e. The number of aryl methyl sites for hydroxylation is 1. The molecule has 0 aliphatic heterocycles. The number of benzene rings is 2. The van der Waals surface area contributed by atoms with Crippen molar-refractivity contribution in [2.75, 3.05) is 11.1 Å². The second-order valence-corrected chi connectivity index (χ2v) is 6.68. The van der Waals surface area contributed by atoms with Crippen LogP contribution >= 0.6 is 0 Å². The molecule has 1 aliphatic rings. The average molecular weight is 344 g/mol. The normalized spacial score (nSPS) is 16.2. The van der Waals surface area contributed by atoms with Gasteiger partial charge in [0.05, 0.1) is 11.3 Å². The minimum absolute atomic E-state index is 0.0134. The van der Waals surface area contributed by atoms with Crippen LogP contribution in [0.2, 0.25) is 0 Å². The van der Waals surface area contributed by atoms with Crippen molar-refractivity contribution in [3.05, 3.63) is 77.0 Å². The average Bonchev–Trinajstić information content (AvgIpc) is 2.64. The molecule has 0 spiro atoms. The summed E-state index contributed by atoms with van der Waals surface area (Å²) in [5.74, 6) is 0.810. The number of carbonyl (C=O) groups is 1. The van der Waals surface area contributed by atoms with E-state index in [4.69, 9.17) is 5.73 Å². The molecule has 0 saturated heterocycles. The van der Waals surface area contributed by atoms with Crippen molar-refractivity contribution in [2.45, 2.75) is 25.7 Å². The monoisotopic (exact) mass is 344 g/mol. The van der Waals surface area contributed by atoms with Crippen LogP contribution in [0, 0.1) is 6.92 Å². The van der Waals surface area contributed by atoms with Crippen LogP contribution in [0.25, 0.3) is 0 Å². The quantitative estimate of drug-likeness (QED) is 0.750. The van der Waals surface area contributed by atoms with Gasteiger partial charge in [-0.3, -0.25) is 4.79 Å². The molecule has 3 aromatic rings. The van der Waals surface area contributed by atoms with E-state index in [1.54, 1.807) is 0 Å². The number of nitrogens with one attached hydrogen (secondary N) is 1. The van der Waals surface area contributed by atoms with Crippen molar-refractivity contribution < 1.29 is 4.79 Å². The van der Waals surface area contributed by atoms with Gasteiger partial charge in [-0.25, -0.2) is 4.98 Å². The Labute approximate surface area is 152 Å². The van der Waals surface area contributed by atoms with Crippen LogP contribution in [0.5, 0.6) is 0 Å². The second kappa shape index (κ2) is 6.59. The van der Waals surface area contributed by atoms with Crippen LogP contribution in [-0.2, 0) is 6.42 Å². The summed E-state index contributed by atoms with van der Waals surface area (Å²) in [7, 11) is 0. The highest BCUT2D eigenvalue weighted by atomic mass is 16.1. The Morgan fingerprint density at radius 1 is 1.00 bits per heavy atom. The first-order valence-electron chi connectivity index (χ1n) is 8.68. The van der Waals surface area contributed by atoms with Gasteiger partial charge in [-0.15, -0.1) is 0 Å². The van der Waals surface area contributed by atoms with Gasteiger partial charge in [-0.05, 0) is 37.0 Å². The van der Waals surface area contributed by atoms with Gasteiger partial charge < -0.3 is 11.1 Å². The van der Waals surface area contributed by atoms with Crippen molar-refractivity contribution in [1.29, 1.82) is 0 Å². The maximum Gasteiger partial charge on any atom is 0.229 e. The maximum atomic E-state index is 12.6. The molecule has 1 unspecified atom stereocenters. The highest BCUT2D eigenvalue weighted by Gasteiger charge is 2.30. The summed E-state index contributed by atoms with van der Waals surface area (Å²) in [6.45, 7) is 2.03. The number of Topliss-reactive ketones (excluding diaryl/α,β-unsaturated/α-hetero) is 1. The first-order valence-corrected chi connectivity index (χ1v) is 8.68. The topological polar surface area (TPSA) is 80.9 Å². The molecular formula is C21H20N4O. The highest BCUT2D eigenvalue weighted by Crippen LogP contribution is 2.34. The van der Waals surface area contributed by atoms with Gasteiger partial charge in [0, 0.05) is 12.1 Å². The molecule has 4 rings (SSSR count). The van der Waals surface area contributed by atoms with Crippen LogP contribution in [0.1, 0.15) is 39.5 Å². The SMILES string of the molecule is Cc1ccc(Nc2nc(N)c3c(n2)CC(c2ccccc2)CC3=O)cc1. The van der Waals surface area contributed by atoms with E-state index in [2.05, 4.69) is 27.4 Å². The van der Waals surface area contributed by atoms with E-state index < -0.39 is 0 Å². The Hall–Kier alpha value is -3.21. The summed E-state index contributed by atoms with van der Waals surface area (Å²) < 4.78 is 0. The molecule has 1 atom stereocenters. The standard InChI is InChI=1S/C21H20N4O/c1-13-7-9-16(10-8-13)23-21-24-17-11-15(14-5-3-2-4-6-14)12-18(26)19(17)20(22)25-21/h2-10,15H,11-12H2,1H3,(H3,22,23,24,25). The summed E-state index contributed by atoms with van der Waals surface area (Å²) in [5.41, 5.74) is 10.5. The molecule has 5 nitrogen and oxygen atoms in total. The number of hydrogen-bond donors (Lipinski definition) is 2. The molecule has 5 heteroatoms. The first-order chi connectivity index (χ1) is 12.6. The zero-order chi connectivity index (χ0) is 18.1. The molecule has 3 N–H and O–H groups in total. The number of carbonyl (C=O) groups excluding carboxylic acids is 1. The minimum Gasteiger partial charge on any atom is -0.383 e. The lowest BCUT2D eigenvalue weighted by molar-refractivity contribution is 0.0964. The number of aromatic nitrogens is 2. The Bertz CT molecular complexity index is 952. The maximum absolute atomic E-state index is 12.6. The number of anilines is 3. The summed E-state index contributed by atoms with van der Waals surface area (Å²) in [6.07, 6.45) is 1.12. The number of nitrogens with two attached hydrogens (primary N) is 1. The van der Waals surface area contributed by atoms with Gasteiger partial charge in [0.2, 0.25) is 5.95 Å². The van der Waals surface area contributed by atoms with E-state index in [1.807, 2.05) is 49.4 Å². The van der Waals surface area contributed by atoms with E-state index in [-0.39, 0.29) is 17.5 Å². The van der Waals surface area contributed by atoms with Crippen LogP contribution in [0.3, 0.4) is 0 Å². The van der Waals surface area contributed by atoms with Crippen LogP contribution < -0.4 is 11.1 Å². The molecule has 0 amide bonds. The van der Waals surface area contributed by atoms with Gasteiger partial charge in [-0.1, -0.05) is 48.0 Å². The Balaban J connectivity index is 1.66. The van der Waals surface area contributed by atoms with E-state index >= 15 is 0 Å². The fourth-order valence-electron chi connectivity index (χ4n) is 3.39. The van der Waals surface area contributed by atoms with Crippen molar-refractivity contribution in [3.63, 3.8) is 0 Å². The summed E-state index contributed by atoms with van der Waals surface area (Å²) in [6, 6.07) is 18.0.